The highest BCUT2D eigenvalue weighted by molar-refractivity contribution is 5.83. The molecular weight excluding hydrogens is 324 g/mol. The molecule has 1 atom stereocenters. The first-order valence-corrected chi connectivity index (χ1v) is 9.81. The monoisotopic (exact) mass is 352 g/mol. The standard InChI is InChI=1S/C21H28N4O/c1-15(24-10-4-5-11-24)21(26)25-12-8-16(9-13-25)20-18(22)14-17-6-2-3-7-19(17)23-20/h2-3,6-7,14-16H,4-5,8-13,22H2,1H3. The van der Waals surface area contributed by atoms with E-state index in [0.29, 0.717) is 5.92 Å². The Morgan fingerprint density at radius 3 is 2.58 bits per heavy atom. The lowest BCUT2D eigenvalue weighted by Crippen LogP contribution is -2.48. The van der Waals surface area contributed by atoms with Crippen LogP contribution in [0.1, 0.15) is 44.2 Å². The van der Waals surface area contributed by atoms with Crippen molar-refractivity contribution in [3.05, 3.63) is 36.0 Å². The summed E-state index contributed by atoms with van der Waals surface area (Å²) in [5, 5.41) is 1.08. The van der Waals surface area contributed by atoms with Gasteiger partial charge in [-0.3, -0.25) is 14.7 Å². The highest BCUT2D eigenvalue weighted by Gasteiger charge is 2.31. The molecule has 2 aromatic rings. The molecule has 2 aliphatic heterocycles. The van der Waals surface area contributed by atoms with Gasteiger partial charge in [-0.1, -0.05) is 18.2 Å². The lowest BCUT2D eigenvalue weighted by molar-refractivity contribution is -0.137. The fourth-order valence-corrected chi connectivity index (χ4v) is 4.40. The summed E-state index contributed by atoms with van der Waals surface area (Å²) in [4.78, 5) is 22.0. The quantitative estimate of drug-likeness (QED) is 0.922. The first-order chi connectivity index (χ1) is 12.6. The second kappa shape index (κ2) is 7.23. The zero-order chi connectivity index (χ0) is 18.1. The largest absolute Gasteiger partial charge is 0.397 e. The van der Waals surface area contributed by atoms with Crippen LogP contribution < -0.4 is 5.73 Å². The van der Waals surface area contributed by atoms with Crippen molar-refractivity contribution in [3.63, 3.8) is 0 Å². The fraction of sp³-hybridized carbons (Fsp3) is 0.524. The average Bonchev–Trinajstić information content (AvgIpc) is 3.21. The maximum atomic E-state index is 12.8. The zero-order valence-electron chi connectivity index (χ0n) is 15.5. The number of carbonyl (C=O) groups is 1. The number of nitrogens with zero attached hydrogens (tertiary/aromatic N) is 3. The van der Waals surface area contributed by atoms with Gasteiger partial charge in [-0.25, -0.2) is 0 Å². The Kier molecular flexibility index (Phi) is 4.81. The van der Waals surface area contributed by atoms with Gasteiger partial charge in [0.1, 0.15) is 0 Å². The lowest BCUT2D eigenvalue weighted by Gasteiger charge is -2.35. The van der Waals surface area contributed by atoms with Gasteiger partial charge in [-0.15, -0.1) is 0 Å². The van der Waals surface area contributed by atoms with Crippen molar-refractivity contribution in [2.24, 2.45) is 0 Å². The number of nitrogen functional groups attached to an aromatic ring is 1. The van der Waals surface area contributed by atoms with Crippen LogP contribution in [-0.4, -0.2) is 52.9 Å². The molecule has 1 amide bonds. The third kappa shape index (κ3) is 3.28. The Morgan fingerprint density at radius 2 is 1.85 bits per heavy atom. The predicted molar refractivity (Wildman–Crippen MR) is 105 cm³/mol. The SMILES string of the molecule is CC(C(=O)N1CCC(c2nc3ccccc3cc2N)CC1)N1CCCC1. The molecule has 0 spiro atoms. The molecule has 1 aromatic heterocycles. The van der Waals surface area contributed by atoms with Crippen LogP contribution in [0.25, 0.3) is 10.9 Å². The molecule has 0 radical (unpaired) electrons. The van der Waals surface area contributed by atoms with Crippen molar-refractivity contribution < 1.29 is 4.79 Å². The van der Waals surface area contributed by atoms with E-state index in [9.17, 15) is 4.79 Å². The van der Waals surface area contributed by atoms with Crippen LogP contribution in [0.4, 0.5) is 5.69 Å². The molecule has 2 saturated heterocycles. The van der Waals surface area contributed by atoms with Gasteiger partial charge in [-0.2, -0.15) is 0 Å². The second-order valence-corrected chi connectivity index (χ2v) is 7.67. The lowest BCUT2D eigenvalue weighted by atomic mass is 9.91. The van der Waals surface area contributed by atoms with Crippen LogP contribution in [0.5, 0.6) is 0 Å². The Hall–Kier alpha value is -2.14. The average molecular weight is 352 g/mol. The Morgan fingerprint density at radius 1 is 1.15 bits per heavy atom. The summed E-state index contributed by atoms with van der Waals surface area (Å²) in [7, 11) is 0. The number of hydrogen-bond donors (Lipinski definition) is 1. The molecule has 2 N–H and O–H groups in total. The van der Waals surface area contributed by atoms with Crippen LogP contribution >= 0.6 is 0 Å². The van der Waals surface area contributed by atoms with Crippen molar-refractivity contribution in [2.75, 3.05) is 31.9 Å². The molecule has 2 aliphatic rings. The first-order valence-electron chi connectivity index (χ1n) is 9.81. The number of benzene rings is 1. The number of para-hydroxylation sites is 1. The molecule has 5 heteroatoms. The number of pyridine rings is 1. The Labute approximate surface area is 155 Å². The van der Waals surface area contributed by atoms with E-state index in [-0.39, 0.29) is 11.9 Å². The number of amides is 1. The number of aromatic nitrogens is 1. The van der Waals surface area contributed by atoms with Crippen molar-refractivity contribution in [1.82, 2.24) is 14.8 Å². The van der Waals surface area contributed by atoms with E-state index in [2.05, 4.69) is 11.8 Å². The highest BCUT2D eigenvalue weighted by atomic mass is 16.2. The van der Waals surface area contributed by atoms with Crippen molar-refractivity contribution in [3.8, 4) is 0 Å². The molecule has 0 aliphatic carbocycles. The van der Waals surface area contributed by atoms with Gasteiger partial charge in [0.25, 0.3) is 0 Å². The van der Waals surface area contributed by atoms with Crippen molar-refractivity contribution in [1.29, 1.82) is 0 Å². The Bertz CT molecular complexity index is 792. The fourth-order valence-electron chi connectivity index (χ4n) is 4.40. The topological polar surface area (TPSA) is 62.5 Å². The number of fused-ring (bicyclic) bond motifs is 1. The minimum absolute atomic E-state index is 0.0120. The second-order valence-electron chi connectivity index (χ2n) is 7.67. The van der Waals surface area contributed by atoms with E-state index >= 15 is 0 Å². The normalized spacial score (nSPS) is 20.6. The van der Waals surface area contributed by atoms with E-state index in [4.69, 9.17) is 10.7 Å². The summed E-state index contributed by atoms with van der Waals surface area (Å²) < 4.78 is 0. The van der Waals surface area contributed by atoms with Crippen molar-refractivity contribution in [2.45, 2.75) is 44.6 Å². The van der Waals surface area contributed by atoms with Crippen LogP contribution in [0.15, 0.2) is 30.3 Å². The van der Waals surface area contributed by atoms with E-state index < -0.39 is 0 Å². The van der Waals surface area contributed by atoms with Gasteiger partial charge in [0, 0.05) is 24.4 Å². The number of piperidine rings is 1. The van der Waals surface area contributed by atoms with E-state index in [1.165, 1.54) is 12.8 Å². The predicted octanol–water partition coefficient (Wildman–Crippen LogP) is 3.01. The van der Waals surface area contributed by atoms with Gasteiger partial charge in [0.15, 0.2) is 0 Å². The summed E-state index contributed by atoms with van der Waals surface area (Å²) in [5.41, 5.74) is 9.07. The zero-order valence-corrected chi connectivity index (χ0v) is 15.5. The third-order valence-corrected chi connectivity index (χ3v) is 6.02. The van der Waals surface area contributed by atoms with Crippen LogP contribution in [0, 0.1) is 0 Å². The molecular formula is C21H28N4O. The molecule has 4 rings (SSSR count). The molecule has 3 heterocycles. The summed E-state index contributed by atoms with van der Waals surface area (Å²) in [6.07, 6.45) is 4.31. The summed E-state index contributed by atoms with van der Waals surface area (Å²) in [6, 6.07) is 10.1. The van der Waals surface area contributed by atoms with E-state index in [1.54, 1.807) is 0 Å². The first kappa shape index (κ1) is 17.3. The molecule has 5 nitrogen and oxygen atoms in total. The Balaban J connectivity index is 1.43. The van der Waals surface area contributed by atoms with Gasteiger partial charge in [0.2, 0.25) is 5.91 Å². The number of anilines is 1. The maximum absolute atomic E-state index is 12.8. The van der Waals surface area contributed by atoms with Crippen molar-refractivity contribution >= 4 is 22.5 Å². The summed E-state index contributed by atoms with van der Waals surface area (Å²) >= 11 is 0. The van der Waals surface area contributed by atoms with Crippen LogP contribution in [0.3, 0.4) is 0 Å². The van der Waals surface area contributed by atoms with Crippen LogP contribution in [-0.2, 0) is 4.79 Å². The molecule has 1 unspecified atom stereocenters. The molecule has 1 aromatic carbocycles. The molecule has 138 valence electrons. The number of rotatable bonds is 3. The van der Waals surface area contributed by atoms with Gasteiger partial charge in [-0.05, 0) is 57.8 Å². The molecule has 0 bridgehead atoms. The number of hydrogen-bond acceptors (Lipinski definition) is 4. The van der Waals surface area contributed by atoms with E-state index in [0.717, 1.165) is 61.3 Å². The maximum Gasteiger partial charge on any atom is 0.239 e. The van der Waals surface area contributed by atoms with Crippen LogP contribution in [0.2, 0.25) is 0 Å². The summed E-state index contributed by atoms with van der Waals surface area (Å²) in [6.45, 7) is 5.77. The highest BCUT2D eigenvalue weighted by Crippen LogP contribution is 2.32. The molecule has 0 saturated carbocycles. The van der Waals surface area contributed by atoms with E-state index in [1.807, 2.05) is 35.2 Å². The minimum Gasteiger partial charge on any atom is -0.397 e. The van der Waals surface area contributed by atoms with Gasteiger partial charge >= 0.3 is 0 Å². The van der Waals surface area contributed by atoms with Gasteiger partial charge < -0.3 is 10.6 Å². The molecule has 2 fully saturated rings. The minimum atomic E-state index is 0.0120. The molecule has 26 heavy (non-hydrogen) atoms. The third-order valence-electron chi connectivity index (χ3n) is 6.02. The smallest absolute Gasteiger partial charge is 0.239 e. The van der Waals surface area contributed by atoms with Gasteiger partial charge in [0.05, 0.1) is 22.9 Å². The number of nitrogens with two attached hydrogens (primary N) is 1. The number of carbonyl (C=O) groups excluding carboxylic acids is 1. The summed E-state index contributed by atoms with van der Waals surface area (Å²) in [5.74, 6) is 0.621. The number of likely N-dealkylation sites (tertiary alicyclic amines) is 2.